The van der Waals surface area contributed by atoms with E-state index in [2.05, 4.69) is 17.5 Å². The summed E-state index contributed by atoms with van der Waals surface area (Å²) < 4.78 is 0. The molecule has 0 spiro atoms. The summed E-state index contributed by atoms with van der Waals surface area (Å²) in [5.74, 6) is 2.72. The molecule has 1 aliphatic heterocycles. The van der Waals surface area contributed by atoms with Gasteiger partial charge < -0.3 is 4.90 Å². The standard InChI is InChI=1S/C12H21NOS/c14-12(6-8-15)13-7-5-10-3-1-2-4-11(10)9-13/h10-11,15H,1-9H2. The van der Waals surface area contributed by atoms with Crippen molar-refractivity contribution in [2.75, 3.05) is 18.8 Å². The number of thiol groups is 1. The van der Waals surface area contributed by atoms with Gasteiger partial charge in [0, 0.05) is 19.5 Å². The van der Waals surface area contributed by atoms with Crippen LogP contribution in [-0.2, 0) is 4.79 Å². The van der Waals surface area contributed by atoms with Crippen molar-refractivity contribution in [3.8, 4) is 0 Å². The Morgan fingerprint density at radius 3 is 2.67 bits per heavy atom. The molecule has 3 heteroatoms. The molecule has 15 heavy (non-hydrogen) atoms. The van der Waals surface area contributed by atoms with Crippen molar-refractivity contribution in [3.63, 3.8) is 0 Å². The van der Waals surface area contributed by atoms with Gasteiger partial charge in [-0.25, -0.2) is 0 Å². The summed E-state index contributed by atoms with van der Waals surface area (Å²) in [7, 11) is 0. The number of likely N-dealkylation sites (tertiary alicyclic amines) is 1. The monoisotopic (exact) mass is 227 g/mol. The van der Waals surface area contributed by atoms with Gasteiger partial charge in [-0.15, -0.1) is 0 Å². The number of rotatable bonds is 2. The Balaban J connectivity index is 1.87. The fraction of sp³-hybridized carbons (Fsp3) is 0.917. The minimum atomic E-state index is 0.314. The summed E-state index contributed by atoms with van der Waals surface area (Å²) in [5, 5.41) is 0. The molecule has 1 aliphatic carbocycles. The van der Waals surface area contributed by atoms with E-state index in [1.165, 1.54) is 32.1 Å². The Morgan fingerprint density at radius 1 is 1.20 bits per heavy atom. The lowest BCUT2D eigenvalue weighted by atomic mass is 9.75. The predicted molar refractivity (Wildman–Crippen MR) is 65.1 cm³/mol. The second kappa shape index (κ2) is 5.24. The third-order valence-corrected chi connectivity index (χ3v) is 4.19. The first-order valence-corrected chi connectivity index (χ1v) is 6.83. The maximum atomic E-state index is 11.7. The number of hydrogen-bond donors (Lipinski definition) is 1. The van der Waals surface area contributed by atoms with Gasteiger partial charge in [0.1, 0.15) is 0 Å². The Morgan fingerprint density at radius 2 is 1.93 bits per heavy atom. The molecule has 0 radical (unpaired) electrons. The highest BCUT2D eigenvalue weighted by atomic mass is 32.1. The van der Waals surface area contributed by atoms with Crippen molar-refractivity contribution >= 4 is 18.5 Å². The van der Waals surface area contributed by atoms with Gasteiger partial charge in [-0.2, -0.15) is 12.6 Å². The van der Waals surface area contributed by atoms with Crippen LogP contribution in [0.5, 0.6) is 0 Å². The molecule has 2 fully saturated rings. The number of nitrogens with zero attached hydrogens (tertiary/aromatic N) is 1. The molecule has 2 unspecified atom stereocenters. The zero-order valence-corrected chi connectivity index (χ0v) is 10.2. The number of carbonyl (C=O) groups is 1. The molecule has 0 bridgehead atoms. The highest BCUT2D eigenvalue weighted by molar-refractivity contribution is 7.80. The summed E-state index contributed by atoms with van der Waals surface area (Å²) in [6.07, 6.45) is 7.37. The van der Waals surface area contributed by atoms with Crippen LogP contribution in [0.2, 0.25) is 0 Å². The Labute approximate surface area is 97.8 Å². The number of piperidine rings is 1. The van der Waals surface area contributed by atoms with Gasteiger partial charge in [0.05, 0.1) is 0 Å². The third kappa shape index (κ3) is 2.68. The minimum absolute atomic E-state index is 0.314. The van der Waals surface area contributed by atoms with Gasteiger partial charge in [-0.05, 0) is 30.4 Å². The molecule has 2 nitrogen and oxygen atoms in total. The van der Waals surface area contributed by atoms with Crippen molar-refractivity contribution in [1.29, 1.82) is 0 Å². The summed E-state index contributed by atoms with van der Waals surface area (Å²) >= 11 is 4.12. The molecule has 0 N–H and O–H groups in total. The molecule has 86 valence electrons. The third-order valence-electron chi connectivity index (χ3n) is 3.97. The molecule has 0 aromatic carbocycles. The number of amides is 1. The molecule has 2 rings (SSSR count). The molecule has 1 saturated heterocycles. The SMILES string of the molecule is O=C(CCS)N1CCC2CCCCC2C1. The second-order valence-electron chi connectivity index (χ2n) is 4.91. The summed E-state index contributed by atoms with van der Waals surface area (Å²) in [4.78, 5) is 13.8. The first kappa shape index (κ1) is 11.3. The highest BCUT2D eigenvalue weighted by Crippen LogP contribution is 2.36. The van der Waals surface area contributed by atoms with E-state index in [9.17, 15) is 4.79 Å². The van der Waals surface area contributed by atoms with E-state index in [1.54, 1.807) is 0 Å². The van der Waals surface area contributed by atoms with Gasteiger partial charge in [0.15, 0.2) is 0 Å². The van der Waals surface area contributed by atoms with Crippen molar-refractivity contribution in [2.24, 2.45) is 11.8 Å². The van der Waals surface area contributed by atoms with Crippen LogP contribution in [0.3, 0.4) is 0 Å². The molecule has 0 aromatic rings. The van der Waals surface area contributed by atoms with E-state index < -0.39 is 0 Å². The van der Waals surface area contributed by atoms with Crippen LogP contribution in [0.4, 0.5) is 0 Å². The second-order valence-corrected chi connectivity index (χ2v) is 5.35. The van der Waals surface area contributed by atoms with Crippen LogP contribution >= 0.6 is 12.6 Å². The summed E-state index contributed by atoms with van der Waals surface area (Å²) in [5.41, 5.74) is 0. The Bertz CT molecular complexity index is 232. The Hall–Kier alpha value is -0.180. The average Bonchev–Trinajstić information content (AvgIpc) is 2.29. The van der Waals surface area contributed by atoms with Crippen molar-refractivity contribution in [3.05, 3.63) is 0 Å². The van der Waals surface area contributed by atoms with E-state index >= 15 is 0 Å². The molecule has 0 aromatic heterocycles. The number of hydrogen-bond acceptors (Lipinski definition) is 2. The highest BCUT2D eigenvalue weighted by Gasteiger charge is 2.32. The maximum absolute atomic E-state index is 11.7. The summed E-state index contributed by atoms with van der Waals surface area (Å²) in [6.45, 7) is 2.02. The van der Waals surface area contributed by atoms with Crippen molar-refractivity contribution in [1.82, 2.24) is 4.90 Å². The fourth-order valence-electron chi connectivity index (χ4n) is 3.08. The van der Waals surface area contributed by atoms with E-state index in [0.29, 0.717) is 18.1 Å². The van der Waals surface area contributed by atoms with E-state index in [0.717, 1.165) is 24.9 Å². The quantitative estimate of drug-likeness (QED) is 0.718. The molecule has 1 heterocycles. The summed E-state index contributed by atoms with van der Waals surface area (Å²) in [6, 6.07) is 0. The van der Waals surface area contributed by atoms with Crippen LogP contribution < -0.4 is 0 Å². The Kier molecular flexibility index (Phi) is 3.95. The van der Waals surface area contributed by atoms with E-state index in [4.69, 9.17) is 0 Å². The molecule has 2 aliphatic rings. The lowest BCUT2D eigenvalue weighted by Gasteiger charge is -2.41. The van der Waals surface area contributed by atoms with Crippen LogP contribution in [0, 0.1) is 11.8 Å². The molecule has 1 amide bonds. The lowest BCUT2D eigenvalue weighted by Crippen LogP contribution is -2.44. The molecule has 1 saturated carbocycles. The van der Waals surface area contributed by atoms with Gasteiger partial charge in [0.25, 0.3) is 0 Å². The van der Waals surface area contributed by atoms with E-state index in [1.807, 2.05) is 0 Å². The zero-order valence-electron chi connectivity index (χ0n) is 9.32. The largest absolute Gasteiger partial charge is 0.342 e. The first-order valence-electron chi connectivity index (χ1n) is 6.20. The maximum Gasteiger partial charge on any atom is 0.223 e. The molecular weight excluding hydrogens is 206 g/mol. The van der Waals surface area contributed by atoms with Crippen molar-refractivity contribution < 1.29 is 4.79 Å². The van der Waals surface area contributed by atoms with Gasteiger partial charge in [0.2, 0.25) is 5.91 Å². The van der Waals surface area contributed by atoms with Crippen LogP contribution in [0.15, 0.2) is 0 Å². The number of carbonyl (C=O) groups excluding carboxylic acids is 1. The predicted octanol–water partition coefficient (Wildman–Crippen LogP) is 2.35. The van der Waals surface area contributed by atoms with Crippen LogP contribution in [-0.4, -0.2) is 29.6 Å². The molecule has 2 atom stereocenters. The number of fused-ring (bicyclic) bond motifs is 1. The lowest BCUT2D eigenvalue weighted by molar-refractivity contribution is -0.133. The normalized spacial score (nSPS) is 31.1. The molecular formula is C12H21NOS. The van der Waals surface area contributed by atoms with Gasteiger partial charge in [-0.3, -0.25) is 4.79 Å². The first-order chi connectivity index (χ1) is 7.31. The smallest absolute Gasteiger partial charge is 0.223 e. The van der Waals surface area contributed by atoms with Crippen LogP contribution in [0.1, 0.15) is 38.5 Å². The zero-order chi connectivity index (χ0) is 10.7. The van der Waals surface area contributed by atoms with Crippen molar-refractivity contribution in [2.45, 2.75) is 38.5 Å². The van der Waals surface area contributed by atoms with Crippen LogP contribution in [0.25, 0.3) is 0 Å². The van der Waals surface area contributed by atoms with E-state index in [-0.39, 0.29) is 0 Å². The van der Waals surface area contributed by atoms with Gasteiger partial charge in [-0.1, -0.05) is 19.3 Å². The fourth-order valence-corrected chi connectivity index (χ4v) is 3.27. The van der Waals surface area contributed by atoms with Gasteiger partial charge >= 0.3 is 0 Å². The minimum Gasteiger partial charge on any atom is -0.342 e. The average molecular weight is 227 g/mol. The topological polar surface area (TPSA) is 20.3 Å².